The highest BCUT2D eigenvalue weighted by atomic mass is 32.2. The summed E-state index contributed by atoms with van der Waals surface area (Å²) in [5.74, 6) is -1.17. The van der Waals surface area contributed by atoms with E-state index in [0.717, 1.165) is 5.41 Å². The van der Waals surface area contributed by atoms with Crippen molar-refractivity contribution in [2.45, 2.75) is 25.4 Å². The Balaban J connectivity index is 2.55. The monoisotopic (exact) mass is 219 g/mol. The van der Waals surface area contributed by atoms with Gasteiger partial charge < -0.3 is 15.2 Å². The van der Waals surface area contributed by atoms with Gasteiger partial charge in [-0.05, 0) is 6.08 Å². The number of sulfone groups is 1. The summed E-state index contributed by atoms with van der Waals surface area (Å²) in [4.78, 5) is 10.6. The van der Waals surface area contributed by atoms with Gasteiger partial charge in [-0.2, -0.15) is 0 Å². The molecule has 0 bridgehead atoms. The third-order valence-electron chi connectivity index (χ3n) is 2.18. The van der Waals surface area contributed by atoms with Crippen LogP contribution in [0.1, 0.15) is 13.3 Å². The normalized spacial score (nSPS) is 26.2. The van der Waals surface area contributed by atoms with Crippen molar-refractivity contribution in [1.29, 1.82) is 0 Å². The van der Waals surface area contributed by atoms with Crippen LogP contribution < -0.4 is 10.4 Å². The summed E-state index contributed by atoms with van der Waals surface area (Å²) < 4.78 is 22.0. The molecule has 1 rings (SSSR count). The Kier molecular flexibility index (Phi) is 3.28. The van der Waals surface area contributed by atoms with Crippen molar-refractivity contribution in [3.05, 3.63) is 11.5 Å². The van der Waals surface area contributed by atoms with Crippen molar-refractivity contribution in [3.63, 3.8) is 0 Å². The Morgan fingerprint density at radius 3 is 2.71 bits per heavy atom. The van der Waals surface area contributed by atoms with Crippen molar-refractivity contribution >= 4 is 15.8 Å². The highest BCUT2D eigenvalue weighted by molar-refractivity contribution is 7.94. The highest BCUT2D eigenvalue weighted by Gasteiger charge is 2.26. The average molecular weight is 219 g/mol. The third-order valence-corrected chi connectivity index (χ3v) is 3.60. The summed E-state index contributed by atoms with van der Waals surface area (Å²) in [7, 11) is -3.10. The minimum Gasteiger partial charge on any atom is -0.544 e. The summed E-state index contributed by atoms with van der Waals surface area (Å²) in [6, 6.07) is -0.958. The Hall–Kier alpha value is -0.880. The molecular formula is C8H13NO4S. The molecule has 14 heavy (non-hydrogen) atoms. The molecule has 1 heterocycles. The zero-order valence-electron chi connectivity index (χ0n) is 7.84. The second-order valence-electron chi connectivity index (χ2n) is 3.35. The Labute approximate surface area is 82.7 Å². The van der Waals surface area contributed by atoms with Crippen LogP contribution in [0.4, 0.5) is 0 Å². The molecule has 2 N–H and O–H groups in total. The zero-order chi connectivity index (χ0) is 10.8. The number of hydrogen-bond donors (Lipinski definition) is 1. The molecule has 0 radical (unpaired) electrons. The molecule has 1 aliphatic rings. The first-order valence-electron chi connectivity index (χ1n) is 4.41. The highest BCUT2D eigenvalue weighted by Crippen LogP contribution is 2.04. The first-order chi connectivity index (χ1) is 6.44. The molecule has 0 amide bonds. The second kappa shape index (κ2) is 4.10. The molecule has 5 nitrogen and oxygen atoms in total. The topological polar surface area (TPSA) is 90.9 Å². The van der Waals surface area contributed by atoms with E-state index in [1.54, 1.807) is 6.92 Å². The predicted molar refractivity (Wildman–Crippen MR) is 47.7 cm³/mol. The van der Waals surface area contributed by atoms with Crippen LogP contribution in [-0.4, -0.2) is 32.2 Å². The van der Waals surface area contributed by atoms with Gasteiger partial charge in [-0.1, -0.05) is 6.92 Å². The van der Waals surface area contributed by atoms with Gasteiger partial charge in [-0.3, -0.25) is 0 Å². The van der Waals surface area contributed by atoms with Gasteiger partial charge in [0.2, 0.25) is 0 Å². The lowest BCUT2D eigenvalue weighted by molar-refractivity contribution is -0.702. The smallest absolute Gasteiger partial charge is 0.177 e. The minimum atomic E-state index is -3.10. The maximum absolute atomic E-state index is 11.0. The lowest BCUT2D eigenvalue weighted by atomic mass is 10.2. The van der Waals surface area contributed by atoms with Crippen molar-refractivity contribution < 1.29 is 23.6 Å². The van der Waals surface area contributed by atoms with Crippen LogP contribution >= 0.6 is 0 Å². The molecule has 0 aromatic carbocycles. The van der Waals surface area contributed by atoms with E-state index >= 15 is 0 Å². The fraction of sp³-hybridized carbons (Fsp3) is 0.625. The van der Waals surface area contributed by atoms with E-state index in [-0.39, 0.29) is 11.8 Å². The van der Waals surface area contributed by atoms with E-state index in [1.807, 2.05) is 0 Å². The van der Waals surface area contributed by atoms with Gasteiger partial charge in [0, 0.05) is 11.8 Å². The predicted octanol–water partition coefficient (Wildman–Crippen LogP) is -2.61. The SMILES string of the molecule is CC[C@@H]([NH2+][C@H]1C=CS(=O)(=O)C1)C(=O)[O-]. The minimum absolute atomic E-state index is 0.0171. The summed E-state index contributed by atoms with van der Waals surface area (Å²) >= 11 is 0. The van der Waals surface area contributed by atoms with Crippen molar-refractivity contribution in [2.24, 2.45) is 0 Å². The van der Waals surface area contributed by atoms with Gasteiger partial charge >= 0.3 is 0 Å². The van der Waals surface area contributed by atoms with E-state index in [4.69, 9.17) is 0 Å². The summed E-state index contributed by atoms with van der Waals surface area (Å²) in [6.45, 7) is 1.73. The Morgan fingerprint density at radius 1 is 1.71 bits per heavy atom. The number of quaternary nitrogens is 1. The molecule has 0 aromatic rings. The van der Waals surface area contributed by atoms with Gasteiger partial charge in [0.1, 0.15) is 17.8 Å². The molecule has 0 saturated carbocycles. The van der Waals surface area contributed by atoms with E-state index in [1.165, 1.54) is 11.4 Å². The maximum atomic E-state index is 11.0. The molecule has 0 aromatic heterocycles. The number of carbonyl (C=O) groups excluding carboxylic acids is 1. The second-order valence-corrected chi connectivity index (χ2v) is 5.28. The molecule has 1 aliphatic heterocycles. The van der Waals surface area contributed by atoms with E-state index in [9.17, 15) is 18.3 Å². The average Bonchev–Trinajstić information content (AvgIpc) is 2.41. The van der Waals surface area contributed by atoms with Crippen molar-refractivity contribution in [3.8, 4) is 0 Å². The van der Waals surface area contributed by atoms with E-state index < -0.39 is 21.8 Å². The fourth-order valence-electron chi connectivity index (χ4n) is 1.40. The molecule has 0 spiro atoms. The molecule has 0 unspecified atom stereocenters. The molecule has 0 aliphatic carbocycles. The molecule has 80 valence electrons. The first kappa shape index (κ1) is 11.2. The van der Waals surface area contributed by atoms with Crippen LogP contribution in [0.3, 0.4) is 0 Å². The van der Waals surface area contributed by atoms with Crippen LogP contribution in [0.15, 0.2) is 11.5 Å². The number of aliphatic carboxylic acids is 1. The standard InChI is InChI=1S/C8H13NO4S/c1-2-7(8(10)11)9-6-3-4-14(12,13)5-6/h3-4,6-7,9H,2,5H2,1H3,(H,10,11)/t6-,7+/m0/s1. The van der Waals surface area contributed by atoms with Crippen LogP contribution in [0.2, 0.25) is 0 Å². The maximum Gasteiger partial charge on any atom is 0.177 e. The van der Waals surface area contributed by atoms with Crippen molar-refractivity contribution in [1.82, 2.24) is 0 Å². The van der Waals surface area contributed by atoms with Gasteiger partial charge in [0.25, 0.3) is 0 Å². The van der Waals surface area contributed by atoms with Crippen LogP contribution in [0.5, 0.6) is 0 Å². The molecule has 0 saturated heterocycles. The first-order valence-corrected chi connectivity index (χ1v) is 6.13. The Morgan fingerprint density at radius 2 is 2.36 bits per heavy atom. The number of carbonyl (C=O) groups is 1. The van der Waals surface area contributed by atoms with Crippen molar-refractivity contribution in [2.75, 3.05) is 5.75 Å². The third kappa shape index (κ3) is 2.81. The molecule has 0 fully saturated rings. The lowest BCUT2D eigenvalue weighted by Gasteiger charge is -2.17. The van der Waals surface area contributed by atoms with Gasteiger partial charge in [0.05, 0.1) is 5.97 Å². The fourth-order valence-corrected chi connectivity index (χ4v) is 2.71. The Bertz CT molecular complexity index is 346. The summed E-state index contributed by atoms with van der Waals surface area (Å²) in [5, 5.41) is 13.2. The number of carboxylic acid groups (broad SMARTS) is 1. The summed E-state index contributed by atoms with van der Waals surface area (Å²) in [5.41, 5.74) is 0. The van der Waals surface area contributed by atoms with Crippen LogP contribution in [0.25, 0.3) is 0 Å². The number of hydrogen-bond acceptors (Lipinski definition) is 4. The van der Waals surface area contributed by atoms with Crippen LogP contribution in [0, 0.1) is 0 Å². The lowest BCUT2D eigenvalue weighted by Crippen LogP contribution is -2.97. The van der Waals surface area contributed by atoms with Gasteiger partial charge in [-0.25, -0.2) is 8.42 Å². The largest absolute Gasteiger partial charge is 0.544 e. The van der Waals surface area contributed by atoms with Gasteiger partial charge in [0.15, 0.2) is 9.84 Å². The molecule has 6 heteroatoms. The molecule has 2 atom stereocenters. The number of nitrogens with two attached hydrogens (primary N) is 1. The van der Waals surface area contributed by atoms with E-state index in [0.29, 0.717) is 6.42 Å². The number of carboxylic acids is 1. The zero-order valence-corrected chi connectivity index (χ0v) is 8.66. The summed E-state index contributed by atoms with van der Waals surface area (Å²) in [6.07, 6.45) is 1.94. The molecular weight excluding hydrogens is 206 g/mol. The van der Waals surface area contributed by atoms with Crippen LogP contribution in [-0.2, 0) is 14.6 Å². The van der Waals surface area contributed by atoms with E-state index in [2.05, 4.69) is 0 Å². The number of rotatable bonds is 4. The van der Waals surface area contributed by atoms with Gasteiger partial charge in [-0.15, -0.1) is 0 Å². The quantitative estimate of drug-likeness (QED) is 0.561.